The van der Waals surface area contributed by atoms with Crippen LogP contribution < -0.4 is 11.3 Å². The van der Waals surface area contributed by atoms with Crippen molar-refractivity contribution in [1.82, 2.24) is 20.4 Å². The number of benzene rings is 1. The second-order valence-electron chi connectivity index (χ2n) is 5.57. The number of aromatic nitrogens is 3. The molecule has 6 heteroatoms. The van der Waals surface area contributed by atoms with Gasteiger partial charge in [0.05, 0.1) is 29.2 Å². The largest absolute Gasteiger partial charge is 0.378 e. The molecule has 0 saturated heterocycles. The fourth-order valence-electron chi connectivity index (χ4n) is 2.93. The molecule has 0 radical (unpaired) electrons. The Hall–Kier alpha value is -1.76. The Bertz CT molecular complexity index is 573. The van der Waals surface area contributed by atoms with E-state index in [0.29, 0.717) is 0 Å². The maximum atomic E-state index is 5.78. The van der Waals surface area contributed by atoms with Gasteiger partial charge >= 0.3 is 0 Å². The molecule has 1 unspecified atom stereocenters. The van der Waals surface area contributed by atoms with Crippen LogP contribution in [0.5, 0.6) is 0 Å². The average molecular weight is 287 g/mol. The van der Waals surface area contributed by atoms with Crippen molar-refractivity contribution in [2.45, 2.75) is 37.3 Å². The highest BCUT2D eigenvalue weighted by molar-refractivity contribution is 5.32. The molecule has 2 aromatic rings. The first kappa shape index (κ1) is 14.2. The molecule has 1 saturated carbocycles. The molecule has 1 aromatic heterocycles. The zero-order valence-corrected chi connectivity index (χ0v) is 12.2. The first-order chi connectivity index (χ1) is 10.3. The smallest absolute Gasteiger partial charge is 0.0829 e. The molecular formula is C15H21N5O. The van der Waals surface area contributed by atoms with Gasteiger partial charge in [0.2, 0.25) is 0 Å². The summed E-state index contributed by atoms with van der Waals surface area (Å²) in [7, 11) is 1.78. The molecule has 112 valence electrons. The summed E-state index contributed by atoms with van der Waals surface area (Å²) in [6.45, 7) is 0. The van der Waals surface area contributed by atoms with E-state index >= 15 is 0 Å². The van der Waals surface area contributed by atoms with Crippen LogP contribution in [0, 0.1) is 0 Å². The van der Waals surface area contributed by atoms with Crippen molar-refractivity contribution in [1.29, 1.82) is 0 Å². The number of nitrogens with two attached hydrogens (primary N) is 1. The number of nitrogens with one attached hydrogen (secondary N) is 1. The Kier molecular flexibility index (Phi) is 4.01. The molecule has 6 nitrogen and oxygen atoms in total. The molecule has 3 N–H and O–H groups in total. The standard InChI is InChI=1S/C15H21N5O/c1-21-15(8-5-9-15)10-13(18-16)14-11-17-19-20(14)12-6-3-2-4-7-12/h2-4,6-7,11,13,18H,5,8-10,16H2,1H3. The minimum absolute atomic E-state index is 0.0412. The van der Waals surface area contributed by atoms with Crippen molar-refractivity contribution >= 4 is 0 Å². The van der Waals surface area contributed by atoms with Crippen LogP contribution >= 0.6 is 0 Å². The Labute approximate surface area is 124 Å². The number of methoxy groups -OCH3 is 1. The zero-order chi connectivity index (χ0) is 14.7. The molecule has 1 aliphatic carbocycles. The Morgan fingerprint density at radius 3 is 2.71 bits per heavy atom. The van der Waals surface area contributed by atoms with Crippen LogP contribution in [-0.4, -0.2) is 27.7 Å². The molecule has 1 atom stereocenters. The van der Waals surface area contributed by atoms with Gasteiger partial charge in [-0.1, -0.05) is 23.4 Å². The van der Waals surface area contributed by atoms with E-state index in [-0.39, 0.29) is 11.6 Å². The van der Waals surface area contributed by atoms with Crippen molar-refractivity contribution in [2.24, 2.45) is 5.84 Å². The summed E-state index contributed by atoms with van der Waals surface area (Å²) in [5, 5.41) is 8.23. The summed E-state index contributed by atoms with van der Waals surface area (Å²) in [5.74, 6) is 5.78. The topological polar surface area (TPSA) is 78.0 Å². The second kappa shape index (κ2) is 5.93. The van der Waals surface area contributed by atoms with Crippen molar-refractivity contribution in [2.75, 3.05) is 7.11 Å². The summed E-state index contributed by atoms with van der Waals surface area (Å²) < 4.78 is 7.53. The van der Waals surface area contributed by atoms with Gasteiger partial charge in [-0.25, -0.2) is 4.68 Å². The minimum atomic E-state index is -0.0666. The van der Waals surface area contributed by atoms with E-state index in [1.165, 1.54) is 6.42 Å². The summed E-state index contributed by atoms with van der Waals surface area (Å²) in [6, 6.07) is 9.90. The van der Waals surface area contributed by atoms with Crippen molar-refractivity contribution in [3.8, 4) is 5.69 Å². The Balaban J connectivity index is 1.87. The molecule has 1 fully saturated rings. The van der Waals surface area contributed by atoms with Crippen molar-refractivity contribution < 1.29 is 4.74 Å². The fourth-order valence-corrected chi connectivity index (χ4v) is 2.93. The number of nitrogens with zero attached hydrogens (tertiary/aromatic N) is 3. The van der Waals surface area contributed by atoms with Crippen LogP contribution in [0.4, 0.5) is 0 Å². The predicted octanol–water partition coefficient (Wildman–Crippen LogP) is 1.73. The molecule has 0 bridgehead atoms. The van der Waals surface area contributed by atoms with E-state index in [2.05, 4.69) is 15.7 Å². The van der Waals surface area contributed by atoms with Crippen LogP contribution in [0.15, 0.2) is 36.5 Å². The number of hydrogen-bond donors (Lipinski definition) is 2. The van der Waals surface area contributed by atoms with Crippen LogP contribution in [0.25, 0.3) is 5.69 Å². The average Bonchev–Trinajstić information content (AvgIpc) is 2.97. The first-order valence-electron chi connectivity index (χ1n) is 7.25. The van der Waals surface area contributed by atoms with Gasteiger partial charge in [0.25, 0.3) is 0 Å². The third-order valence-corrected chi connectivity index (χ3v) is 4.41. The summed E-state index contributed by atoms with van der Waals surface area (Å²) >= 11 is 0. The van der Waals surface area contributed by atoms with Gasteiger partial charge in [0, 0.05) is 7.11 Å². The molecule has 0 aliphatic heterocycles. The van der Waals surface area contributed by atoms with Crippen LogP contribution in [0.3, 0.4) is 0 Å². The number of para-hydroxylation sites is 1. The van der Waals surface area contributed by atoms with E-state index < -0.39 is 0 Å². The molecule has 1 heterocycles. The normalized spacial score (nSPS) is 18.2. The first-order valence-corrected chi connectivity index (χ1v) is 7.25. The number of hydrogen-bond acceptors (Lipinski definition) is 5. The quantitative estimate of drug-likeness (QED) is 0.625. The van der Waals surface area contributed by atoms with Gasteiger partial charge in [0.15, 0.2) is 0 Å². The third-order valence-electron chi connectivity index (χ3n) is 4.41. The monoisotopic (exact) mass is 287 g/mol. The maximum Gasteiger partial charge on any atom is 0.0829 e. The van der Waals surface area contributed by atoms with E-state index in [1.54, 1.807) is 13.3 Å². The van der Waals surface area contributed by atoms with E-state index in [9.17, 15) is 0 Å². The lowest BCUT2D eigenvalue weighted by Crippen LogP contribution is -2.44. The molecule has 21 heavy (non-hydrogen) atoms. The van der Waals surface area contributed by atoms with Crippen LogP contribution in [0.1, 0.15) is 37.4 Å². The summed E-state index contributed by atoms with van der Waals surface area (Å²) in [5.41, 5.74) is 4.75. The van der Waals surface area contributed by atoms with Crippen LogP contribution in [-0.2, 0) is 4.74 Å². The van der Waals surface area contributed by atoms with Gasteiger partial charge < -0.3 is 4.74 Å². The summed E-state index contributed by atoms with van der Waals surface area (Å²) in [4.78, 5) is 0. The van der Waals surface area contributed by atoms with Crippen molar-refractivity contribution in [3.63, 3.8) is 0 Å². The third kappa shape index (κ3) is 2.70. The highest BCUT2D eigenvalue weighted by Gasteiger charge is 2.40. The molecule has 0 spiro atoms. The molecule has 1 aromatic carbocycles. The fraction of sp³-hybridized carbons (Fsp3) is 0.467. The Morgan fingerprint density at radius 1 is 1.38 bits per heavy atom. The van der Waals surface area contributed by atoms with E-state index in [1.807, 2.05) is 35.0 Å². The SMILES string of the molecule is COC1(CC(NN)c2cnnn2-c2ccccc2)CCC1. The van der Waals surface area contributed by atoms with Gasteiger partial charge in [0.1, 0.15) is 0 Å². The van der Waals surface area contributed by atoms with Gasteiger partial charge in [-0.3, -0.25) is 11.3 Å². The lowest BCUT2D eigenvalue weighted by molar-refractivity contribution is -0.0842. The number of hydrazine groups is 1. The predicted molar refractivity (Wildman–Crippen MR) is 79.6 cm³/mol. The maximum absolute atomic E-state index is 5.78. The highest BCUT2D eigenvalue weighted by Crippen LogP contribution is 2.41. The molecular weight excluding hydrogens is 266 g/mol. The highest BCUT2D eigenvalue weighted by atomic mass is 16.5. The lowest BCUT2D eigenvalue weighted by atomic mass is 9.75. The zero-order valence-electron chi connectivity index (χ0n) is 12.2. The van der Waals surface area contributed by atoms with E-state index in [0.717, 1.165) is 30.6 Å². The second-order valence-corrected chi connectivity index (χ2v) is 5.57. The molecule has 1 aliphatic rings. The van der Waals surface area contributed by atoms with Gasteiger partial charge in [-0.15, -0.1) is 5.10 Å². The van der Waals surface area contributed by atoms with Gasteiger partial charge in [-0.2, -0.15) is 0 Å². The van der Waals surface area contributed by atoms with Crippen molar-refractivity contribution in [3.05, 3.63) is 42.2 Å². The molecule has 0 amide bonds. The van der Waals surface area contributed by atoms with Gasteiger partial charge in [-0.05, 0) is 37.8 Å². The van der Waals surface area contributed by atoms with Crippen LogP contribution in [0.2, 0.25) is 0 Å². The number of ether oxygens (including phenoxy) is 1. The Morgan fingerprint density at radius 2 is 2.14 bits per heavy atom. The van der Waals surface area contributed by atoms with E-state index in [4.69, 9.17) is 10.6 Å². The number of rotatable bonds is 6. The lowest BCUT2D eigenvalue weighted by Gasteiger charge is -2.42. The molecule has 3 rings (SSSR count). The minimum Gasteiger partial charge on any atom is -0.378 e. The summed E-state index contributed by atoms with van der Waals surface area (Å²) in [6.07, 6.45) is 5.95.